The maximum Gasteiger partial charge on any atom is 0.152 e. The predicted octanol–water partition coefficient (Wildman–Crippen LogP) is 7.19. The molecule has 0 atom stereocenters. The molecule has 0 saturated heterocycles. The Bertz CT molecular complexity index is 954. The molecule has 0 spiro atoms. The Morgan fingerprint density at radius 2 is 1.39 bits per heavy atom. The largest absolute Gasteiger partial charge is 0.233 e. The van der Waals surface area contributed by atoms with E-state index in [1.54, 1.807) is 34.0 Å². The summed E-state index contributed by atoms with van der Waals surface area (Å²) < 4.78 is 2.19. The van der Waals surface area contributed by atoms with Crippen LogP contribution in [0.25, 0.3) is 31.8 Å². The number of halogens is 2. The van der Waals surface area contributed by atoms with Gasteiger partial charge in [0.15, 0.2) is 10.0 Å². The first kappa shape index (κ1) is 15.7. The number of thiazole rings is 2. The maximum absolute atomic E-state index is 4.74. The maximum atomic E-state index is 4.74. The second kappa shape index (κ2) is 6.57. The van der Waals surface area contributed by atoms with Crippen LogP contribution in [-0.2, 0) is 0 Å². The van der Waals surface area contributed by atoms with Crippen molar-refractivity contribution < 1.29 is 0 Å². The van der Waals surface area contributed by atoms with E-state index in [0.29, 0.717) is 0 Å². The van der Waals surface area contributed by atoms with E-state index in [2.05, 4.69) is 60.8 Å². The van der Waals surface area contributed by atoms with E-state index in [-0.39, 0.29) is 0 Å². The predicted molar refractivity (Wildman–Crippen MR) is 107 cm³/mol. The third kappa shape index (κ3) is 3.34. The van der Waals surface area contributed by atoms with Crippen LogP contribution in [0.1, 0.15) is 0 Å². The van der Waals surface area contributed by atoms with Gasteiger partial charge in [0.05, 0.1) is 20.1 Å². The summed E-state index contributed by atoms with van der Waals surface area (Å²) in [5.41, 5.74) is 3.13. The van der Waals surface area contributed by atoms with Crippen LogP contribution in [0.4, 0.5) is 0 Å². The first-order valence-electron chi connectivity index (χ1n) is 6.62. The summed E-state index contributed by atoms with van der Waals surface area (Å²) >= 11 is 11.9. The highest BCUT2D eigenvalue weighted by Gasteiger charge is 2.12. The van der Waals surface area contributed by atoms with Crippen LogP contribution in [0.2, 0.25) is 0 Å². The topological polar surface area (TPSA) is 25.8 Å². The van der Waals surface area contributed by atoms with Crippen molar-refractivity contribution in [3.8, 4) is 31.8 Å². The van der Waals surface area contributed by atoms with E-state index in [9.17, 15) is 0 Å². The third-order valence-electron chi connectivity index (χ3n) is 3.16. The van der Waals surface area contributed by atoms with E-state index in [0.717, 1.165) is 35.2 Å². The molecule has 0 aliphatic rings. The van der Waals surface area contributed by atoms with E-state index in [4.69, 9.17) is 9.97 Å². The van der Waals surface area contributed by atoms with Crippen LogP contribution in [0.15, 0.2) is 55.4 Å². The van der Waals surface area contributed by atoms with Crippen LogP contribution in [0, 0.1) is 0 Å². The summed E-state index contributed by atoms with van der Waals surface area (Å²) in [6.07, 6.45) is 0. The number of nitrogens with zero attached hydrogens (tertiary/aromatic N) is 2. The molecule has 2 nitrogen and oxygen atoms in total. The first-order chi connectivity index (χ1) is 11.2. The molecular weight excluding hydrogens is 476 g/mol. The molecule has 0 N–H and O–H groups in total. The van der Waals surface area contributed by atoms with Gasteiger partial charge in [-0.1, -0.05) is 28.1 Å². The smallest absolute Gasteiger partial charge is 0.152 e. The average Bonchev–Trinajstić information content (AvgIpc) is 3.27. The van der Waals surface area contributed by atoms with Crippen molar-refractivity contribution in [1.82, 2.24) is 9.97 Å². The fourth-order valence-corrected chi connectivity index (χ4v) is 5.45. The van der Waals surface area contributed by atoms with Crippen LogP contribution in [0.3, 0.4) is 0 Å². The number of benzene rings is 1. The molecule has 0 aliphatic carbocycles. The third-order valence-corrected chi connectivity index (χ3v) is 7.16. The van der Waals surface area contributed by atoms with Crippen molar-refractivity contribution in [3.63, 3.8) is 0 Å². The van der Waals surface area contributed by atoms with Gasteiger partial charge >= 0.3 is 0 Å². The molecular formula is C16H8Br2N2S3. The van der Waals surface area contributed by atoms with Crippen molar-refractivity contribution >= 4 is 65.9 Å². The zero-order chi connectivity index (χ0) is 15.8. The van der Waals surface area contributed by atoms with Gasteiger partial charge in [-0.15, -0.1) is 34.0 Å². The van der Waals surface area contributed by atoms with Crippen LogP contribution >= 0.6 is 65.9 Å². The Morgan fingerprint density at radius 3 is 2.04 bits per heavy atom. The lowest BCUT2D eigenvalue weighted by molar-refractivity contribution is 1.35. The quantitative estimate of drug-likeness (QED) is 0.308. The van der Waals surface area contributed by atoms with Gasteiger partial charge in [-0.3, -0.25) is 0 Å². The summed E-state index contributed by atoms with van der Waals surface area (Å²) in [4.78, 5) is 10.6. The Hall–Kier alpha value is -0.860. The van der Waals surface area contributed by atoms with Gasteiger partial charge in [0.1, 0.15) is 0 Å². The van der Waals surface area contributed by atoms with Gasteiger partial charge in [-0.2, -0.15) is 0 Å². The lowest BCUT2D eigenvalue weighted by Crippen LogP contribution is -1.79. The second-order valence-corrected chi connectivity index (χ2v) is 9.78. The molecule has 0 fully saturated rings. The first-order valence-corrected chi connectivity index (χ1v) is 10.8. The molecule has 0 bridgehead atoms. The average molecular weight is 484 g/mol. The van der Waals surface area contributed by atoms with Gasteiger partial charge in [-0.05, 0) is 40.2 Å². The Morgan fingerprint density at radius 1 is 0.739 bits per heavy atom. The molecule has 0 saturated carbocycles. The summed E-state index contributed by atoms with van der Waals surface area (Å²) in [7, 11) is 0. The molecule has 4 aromatic rings. The SMILES string of the molecule is Brc1ccc(-c2csc(-c3nc(-c4ccc(Br)s4)cs3)n2)cc1. The van der Waals surface area contributed by atoms with E-state index in [1.807, 2.05) is 18.2 Å². The van der Waals surface area contributed by atoms with Crippen LogP contribution in [-0.4, -0.2) is 9.97 Å². The molecule has 3 aromatic heterocycles. The zero-order valence-corrected chi connectivity index (χ0v) is 17.1. The number of thiophene rings is 1. The van der Waals surface area contributed by atoms with Gasteiger partial charge in [-0.25, -0.2) is 9.97 Å². The van der Waals surface area contributed by atoms with Crippen LogP contribution in [0.5, 0.6) is 0 Å². The molecule has 23 heavy (non-hydrogen) atoms. The molecule has 0 unspecified atom stereocenters. The fourth-order valence-electron chi connectivity index (χ4n) is 2.06. The summed E-state index contributed by atoms with van der Waals surface area (Å²) in [5, 5.41) is 6.11. The van der Waals surface area contributed by atoms with E-state index in [1.165, 1.54) is 4.88 Å². The van der Waals surface area contributed by atoms with E-state index < -0.39 is 0 Å². The monoisotopic (exact) mass is 482 g/mol. The van der Waals surface area contributed by atoms with Crippen LogP contribution < -0.4 is 0 Å². The fraction of sp³-hybridized carbons (Fsp3) is 0. The minimum atomic E-state index is 0.967. The molecule has 0 radical (unpaired) electrons. The van der Waals surface area contributed by atoms with Gasteiger partial charge in [0.2, 0.25) is 0 Å². The second-order valence-electron chi connectivity index (χ2n) is 4.69. The Balaban J connectivity index is 1.64. The number of hydrogen-bond donors (Lipinski definition) is 0. The van der Waals surface area contributed by atoms with Crippen molar-refractivity contribution in [3.05, 3.63) is 55.4 Å². The highest BCUT2D eigenvalue weighted by Crippen LogP contribution is 2.36. The normalized spacial score (nSPS) is 11.0. The number of rotatable bonds is 3. The summed E-state index contributed by atoms with van der Waals surface area (Å²) in [5.74, 6) is 0. The van der Waals surface area contributed by atoms with Gasteiger partial charge in [0.25, 0.3) is 0 Å². The standard InChI is InChI=1S/C16H8Br2N2S3/c17-10-3-1-9(2-4-10)11-7-21-15(19-11)16-20-12(8-22-16)13-5-6-14(18)23-13/h1-8H. The summed E-state index contributed by atoms with van der Waals surface area (Å²) in [6.45, 7) is 0. The highest BCUT2D eigenvalue weighted by atomic mass is 79.9. The Labute approximate surface area is 162 Å². The van der Waals surface area contributed by atoms with Gasteiger partial charge in [0, 0.05) is 20.8 Å². The minimum absolute atomic E-state index is 0.967. The van der Waals surface area contributed by atoms with Crippen molar-refractivity contribution in [2.75, 3.05) is 0 Å². The molecule has 0 amide bonds. The minimum Gasteiger partial charge on any atom is -0.233 e. The van der Waals surface area contributed by atoms with Gasteiger partial charge < -0.3 is 0 Å². The van der Waals surface area contributed by atoms with E-state index >= 15 is 0 Å². The van der Waals surface area contributed by atoms with Crippen molar-refractivity contribution in [2.24, 2.45) is 0 Å². The lowest BCUT2D eigenvalue weighted by Gasteiger charge is -1.96. The number of aromatic nitrogens is 2. The molecule has 0 aliphatic heterocycles. The number of hydrogen-bond acceptors (Lipinski definition) is 5. The molecule has 3 heterocycles. The zero-order valence-electron chi connectivity index (χ0n) is 11.5. The molecule has 114 valence electrons. The molecule has 7 heteroatoms. The Kier molecular flexibility index (Phi) is 4.47. The highest BCUT2D eigenvalue weighted by molar-refractivity contribution is 9.11. The molecule has 1 aromatic carbocycles. The van der Waals surface area contributed by atoms with Crippen molar-refractivity contribution in [2.45, 2.75) is 0 Å². The summed E-state index contributed by atoms with van der Waals surface area (Å²) in [6, 6.07) is 12.3. The molecule has 4 rings (SSSR count). The van der Waals surface area contributed by atoms with Crippen molar-refractivity contribution in [1.29, 1.82) is 0 Å². The lowest BCUT2D eigenvalue weighted by atomic mass is 10.2.